The van der Waals surface area contributed by atoms with Gasteiger partial charge in [0, 0.05) is 27.3 Å². The van der Waals surface area contributed by atoms with Crippen LogP contribution in [0.3, 0.4) is 0 Å². The van der Waals surface area contributed by atoms with Crippen LogP contribution in [0.15, 0.2) is 17.0 Å². The minimum atomic E-state index is -3.95. The number of benzene rings is 1. The zero-order valence-electron chi connectivity index (χ0n) is 12.4. The molecule has 0 aliphatic rings. The predicted octanol–water partition coefficient (Wildman–Crippen LogP) is 3.74. The van der Waals surface area contributed by atoms with Gasteiger partial charge in [-0.3, -0.25) is 4.79 Å². The molecule has 0 saturated carbocycles. The topological polar surface area (TPSA) is 63.2 Å². The summed E-state index contributed by atoms with van der Waals surface area (Å²) in [6.45, 7) is 7.53. The van der Waals surface area contributed by atoms with Gasteiger partial charge in [0.05, 0.1) is 4.90 Å². The molecule has 21 heavy (non-hydrogen) atoms. The van der Waals surface area contributed by atoms with Gasteiger partial charge in [0.25, 0.3) is 15.0 Å². The molecule has 1 aromatic rings. The van der Waals surface area contributed by atoms with Crippen molar-refractivity contribution >= 4 is 37.2 Å². The fourth-order valence-corrected chi connectivity index (χ4v) is 3.53. The van der Waals surface area contributed by atoms with Crippen molar-refractivity contribution in [2.45, 2.75) is 45.1 Å². The summed E-state index contributed by atoms with van der Waals surface area (Å²) in [6.07, 6.45) is 0.781. The van der Waals surface area contributed by atoms with E-state index in [1.165, 1.54) is 12.1 Å². The summed E-state index contributed by atoms with van der Waals surface area (Å²) in [5.41, 5.74) is 0.517. The molecule has 0 bridgehead atoms. The van der Waals surface area contributed by atoms with Crippen LogP contribution in [-0.4, -0.2) is 20.4 Å². The molecule has 7 heteroatoms. The normalized spacial score (nSPS) is 13.3. The van der Waals surface area contributed by atoms with Crippen LogP contribution in [0.1, 0.15) is 43.1 Å². The second-order valence-electron chi connectivity index (χ2n) is 5.25. The van der Waals surface area contributed by atoms with Gasteiger partial charge in [0.2, 0.25) is 0 Å². The quantitative estimate of drug-likeness (QED) is 0.821. The number of carbonyl (C=O) groups excluding carboxylic acids is 1. The molecule has 0 aromatic heterocycles. The van der Waals surface area contributed by atoms with Crippen molar-refractivity contribution in [1.29, 1.82) is 0 Å². The lowest BCUT2D eigenvalue weighted by Gasteiger charge is -2.21. The Morgan fingerprint density at radius 1 is 1.33 bits per heavy atom. The molecule has 118 valence electrons. The van der Waals surface area contributed by atoms with Crippen molar-refractivity contribution in [2.24, 2.45) is 5.92 Å². The first-order valence-corrected chi connectivity index (χ1v) is 9.32. The Bertz CT molecular complexity index is 642. The number of rotatable bonds is 5. The lowest BCUT2D eigenvalue weighted by molar-refractivity contribution is 0.0924. The highest BCUT2D eigenvalue weighted by Gasteiger charge is 2.21. The van der Waals surface area contributed by atoms with E-state index in [-0.39, 0.29) is 33.3 Å². The van der Waals surface area contributed by atoms with Crippen LogP contribution in [0.5, 0.6) is 0 Å². The van der Waals surface area contributed by atoms with Crippen LogP contribution in [0.4, 0.5) is 0 Å². The van der Waals surface area contributed by atoms with Gasteiger partial charge in [-0.2, -0.15) is 0 Å². The zero-order valence-corrected chi connectivity index (χ0v) is 14.7. The molecule has 1 unspecified atom stereocenters. The molecule has 0 fully saturated rings. The smallest absolute Gasteiger partial charge is 0.261 e. The minimum absolute atomic E-state index is 0.00800. The molecular formula is C14H19Cl2NO3S. The maximum absolute atomic E-state index is 12.3. The Balaban J connectivity index is 3.20. The lowest BCUT2D eigenvalue weighted by Crippen LogP contribution is -2.38. The van der Waals surface area contributed by atoms with Crippen LogP contribution in [0.25, 0.3) is 0 Å². The Labute approximate surface area is 135 Å². The van der Waals surface area contributed by atoms with Crippen LogP contribution in [0.2, 0.25) is 5.02 Å². The highest BCUT2D eigenvalue weighted by atomic mass is 35.7. The molecule has 0 aliphatic carbocycles. The molecule has 1 atom stereocenters. The maximum Gasteiger partial charge on any atom is 0.261 e. The van der Waals surface area contributed by atoms with Crippen LogP contribution < -0.4 is 5.32 Å². The average Bonchev–Trinajstić information content (AvgIpc) is 2.36. The summed E-state index contributed by atoms with van der Waals surface area (Å²) in [5.74, 6) is -0.0879. The first-order chi connectivity index (χ1) is 9.57. The van der Waals surface area contributed by atoms with Crippen molar-refractivity contribution < 1.29 is 13.2 Å². The Kier molecular flexibility index (Phi) is 6.08. The molecule has 0 radical (unpaired) electrons. The molecular weight excluding hydrogens is 333 g/mol. The van der Waals surface area contributed by atoms with Gasteiger partial charge in [0.15, 0.2) is 0 Å². The van der Waals surface area contributed by atoms with E-state index in [0.29, 0.717) is 5.56 Å². The van der Waals surface area contributed by atoms with Crippen molar-refractivity contribution in [3.05, 3.63) is 28.3 Å². The molecule has 1 N–H and O–H groups in total. The van der Waals surface area contributed by atoms with Gasteiger partial charge in [0.1, 0.15) is 0 Å². The second kappa shape index (κ2) is 6.99. The fourth-order valence-electron chi connectivity index (χ4n) is 2.03. The zero-order chi connectivity index (χ0) is 16.4. The average molecular weight is 352 g/mol. The van der Waals surface area contributed by atoms with E-state index >= 15 is 0 Å². The summed E-state index contributed by atoms with van der Waals surface area (Å²) in [6, 6.07) is 2.71. The first-order valence-electron chi connectivity index (χ1n) is 6.63. The van der Waals surface area contributed by atoms with E-state index in [1.807, 2.05) is 20.8 Å². The van der Waals surface area contributed by atoms with Crippen molar-refractivity contribution in [3.63, 3.8) is 0 Å². The first kappa shape index (κ1) is 18.3. The predicted molar refractivity (Wildman–Crippen MR) is 85.6 cm³/mol. The number of carbonyl (C=O) groups is 1. The number of hydrogen-bond donors (Lipinski definition) is 1. The maximum atomic E-state index is 12.3. The van der Waals surface area contributed by atoms with E-state index < -0.39 is 9.05 Å². The number of halogens is 2. The van der Waals surface area contributed by atoms with E-state index in [1.54, 1.807) is 6.92 Å². The Morgan fingerprint density at radius 2 is 1.90 bits per heavy atom. The molecule has 1 aromatic carbocycles. The molecule has 0 saturated heterocycles. The van der Waals surface area contributed by atoms with E-state index in [2.05, 4.69) is 5.32 Å². The van der Waals surface area contributed by atoms with Gasteiger partial charge in [-0.1, -0.05) is 32.4 Å². The molecule has 0 spiro atoms. The Hall–Kier alpha value is -0.780. The van der Waals surface area contributed by atoms with Crippen molar-refractivity contribution in [1.82, 2.24) is 5.32 Å². The van der Waals surface area contributed by atoms with Crippen LogP contribution in [-0.2, 0) is 9.05 Å². The van der Waals surface area contributed by atoms with Crippen LogP contribution >= 0.6 is 22.3 Å². The summed E-state index contributed by atoms with van der Waals surface area (Å²) < 4.78 is 23.1. The third kappa shape index (κ3) is 4.59. The molecule has 1 amide bonds. The van der Waals surface area contributed by atoms with Gasteiger partial charge in [-0.15, -0.1) is 0 Å². The van der Waals surface area contributed by atoms with Crippen molar-refractivity contribution in [2.75, 3.05) is 0 Å². The van der Waals surface area contributed by atoms with Crippen molar-refractivity contribution in [3.8, 4) is 0 Å². The SMILES string of the molecule is CCC(NC(=O)c1cc(Cl)c(C)c(S(=O)(=O)Cl)c1)C(C)C. The summed E-state index contributed by atoms with van der Waals surface area (Å²) in [4.78, 5) is 12.1. The number of nitrogens with one attached hydrogen (secondary N) is 1. The second-order valence-corrected chi connectivity index (χ2v) is 8.19. The highest BCUT2D eigenvalue weighted by molar-refractivity contribution is 8.13. The fraction of sp³-hybridized carbons (Fsp3) is 0.500. The van der Waals surface area contributed by atoms with Gasteiger partial charge in [-0.05, 0) is 37.0 Å². The molecule has 1 rings (SSSR count). The van der Waals surface area contributed by atoms with Gasteiger partial charge in [-0.25, -0.2) is 8.42 Å². The highest BCUT2D eigenvalue weighted by Crippen LogP contribution is 2.27. The lowest BCUT2D eigenvalue weighted by atomic mass is 10.0. The van der Waals surface area contributed by atoms with Crippen LogP contribution in [0, 0.1) is 12.8 Å². The van der Waals surface area contributed by atoms with E-state index in [0.717, 1.165) is 6.42 Å². The largest absolute Gasteiger partial charge is 0.349 e. The molecule has 0 aliphatic heterocycles. The molecule has 4 nitrogen and oxygen atoms in total. The summed E-state index contributed by atoms with van der Waals surface area (Å²) in [5, 5.41) is 3.07. The van der Waals surface area contributed by atoms with E-state index in [9.17, 15) is 13.2 Å². The third-order valence-electron chi connectivity index (χ3n) is 3.38. The monoisotopic (exact) mass is 351 g/mol. The Morgan fingerprint density at radius 3 is 2.33 bits per heavy atom. The number of hydrogen-bond acceptors (Lipinski definition) is 3. The molecule has 0 heterocycles. The number of amides is 1. The minimum Gasteiger partial charge on any atom is -0.349 e. The van der Waals surface area contributed by atoms with Gasteiger partial charge < -0.3 is 5.32 Å². The van der Waals surface area contributed by atoms with E-state index in [4.69, 9.17) is 22.3 Å². The summed E-state index contributed by atoms with van der Waals surface area (Å²) >= 11 is 6.00. The third-order valence-corrected chi connectivity index (χ3v) is 5.22. The summed E-state index contributed by atoms with van der Waals surface area (Å²) in [7, 11) is 1.42. The standard InChI is InChI=1S/C14H19Cl2NO3S/c1-5-12(8(2)3)17-14(18)10-6-11(15)9(4)13(7-10)21(16,19)20/h6-8,12H,5H2,1-4H3,(H,17,18). The van der Waals surface area contributed by atoms with Gasteiger partial charge >= 0.3 is 0 Å².